The monoisotopic (exact) mass is 326 g/mol. The molecule has 1 aromatic heterocycles. The Morgan fingerprint density at radius 1 is 1.10 bits per heavy atom. The number of sulfonamides is 1. The van der Waals surface area contributed by atoms with Gasteiger partial charge in [0.1, 0.15) is 23.3 Å². The van der Waals surface area contributed by atoms with Gasteiger partial charge in [0, 0.05) is 12.3 Å². The predicted molar refractivity (Wildman–Crippen MR) is 77.5 cm³/mol. The first kappa shape index (κ1) is 14.0. The molecule has 2 aromatic rings. The Balaban J connectivity index is 1.87. The van der Waals surface area contributed by atoms with Crippen LogP contribution >= 0.6 is 11.6 Å². The summed E-state index contributed by atoms with van der Waals surface area (Å²) in [6, 6.07) is 7.64. The highest BCUT2D eigenvalue weighted by atomic mass is 35.5. The lowest BCUT2D eigenvalue weighted by Crippen LogP contribution is -2.16. The van der Waals surface area contributed by atoms with Crippen molar-refractivity contribution in [2.24, 2.45) is 0 Å². The molecule has 1 aliphatic rings. The third-order valence-corrected chi connectivity index (χ3v) is 4.40. The highest BCUT2D eigenvalue weighted by molar-refractivity contribution is 7.92. The van der Waals surface area contributed by atoms with Crippen molar-refractivity contribution in [2.75, 3.05) is 17.9 Å². The Hall–Kier alpha value is -1.99. The van der Waals surface area contributed by atoms with E-state index in [1.165, 1.54) is 18.3 Å². The van der Waals surface area contributed by atoms with Crippen LogP contribution in [0, 0.1) is 0 Å². The normalized spacial score (nSPS) is 13.8. The lowest BCUT2D eigenvalue weighted by Gasteiger charge is -2.19. The molecule has 0 saturated heterocycles. The summed E-state index contributed by atoms with van der Waals surface area (Å²) < 4.78 is 37.7. The number of benzene rings is 1. The maximum atomic E-state index is 12.2. The molecule has 0 bridgehead atoms. The van der Waals surface area contributed by atoms with Crippen LogP contribution < -0.4 is 14.2 Å². The molecule has 0 fully saturated rings. The van der Waals surface area contributed by atoms with Crippen molar-refractivity contribution in [3.05, 3.63) is 41.7 Å². The van der Waals surface area contributed by atoms with Crippen LogP contribution in [0.4, 0.5) is 5.69 Å². The molecule has 1 N–H and O–H groups in total. The lowest BCUT2D eigenvalue weighted by molar-refractivity contribution is 0.171. The van der Waals surface area contributed by atoms with Gasteiger partial charge in [-0.2, -0.15) is 0 Å². The summed E-state index contributed by atoms with van der Waals surface area (Å²) in [7, 11) is -3.72. The van der Waals surface area contributed by atoms with Gasteiger partial charge in [0.25, 0.3) is 10.0 Å². The topological polar surface area (TPSA) is 77.5 Å². The predicted octanol–water partition coefficient (Wildman–Crippen LogP) is 2.31. The van der Waals surface area contributed by atoms with E-state index in [1.54, 1.807) is 18.2 Å². The smallest absolute Gasteiger partial charge is 0.263 e. The summed E-state index contributed by atoms with van der Waals surface area (Å²) in [5, 5.41) is 0.230. The number of hydrogen-bond donors (Lipinski definition) is 1. The average molecular weight is 327 g/mol. The van der Waals surface area contributed by atoms with Crippen molar-refractivity contribution < 1.29 is 17.9 Å². The number of nitrogens with one attached hydrogen (secondary N) is 1. The van der Waals surface area contributed by atoms with E-state index in [4.69, 9.17) is 21.1 Å². The Kier molecular flexibility index (Phi) is 3.60. The van der Waals surface area contributed by atoms with Gasteiger partial charge in [0.2, 0.25) is 0 Å². The molecule has 0 saturated carbocycles. The molecule has 0 amide bonds. The zero-order chi connectivity index (χ0) is 14.9. The van der Waals surface area contributed by atoms with Crippen molar-refractivity contribution in [1.82, 2.24) is 4.98 Å². The molecule has 1 aliphatic heterocycles. The third-order valence-electron chi connectivity index (χ3n) is 2.80. The number of halogens is 1. The van der Waals surface area contributed by atoms with Crippen LogP contribution in [-0.4, -0.2) is 26.6 Å². The van der Waals surface area contributed by atoms with Gasteiger partial charge in [-0.15, -0.1) is 0 Å². The fourth-order valence-corrected chi connectivity index (χ4v) is 2.95. The highest BCUT2D eigenvalue weighted by Gasteiger charge is 2.17. The van der Waals surface area contributed by atoms with Crippen LogP contribution in [-0.2, 0) is 10.0 Å². The fourth-order valence-electron chi connectivity index (χ4n) is 1.84. The van der Waals surface area contributed by atoms with Crippen molar-refractivity contribution >= 4 is 27.3 Å². The summed E-state index contributed by atoms with van der Waals surface area (Å²) in [6.07, 6.45) is 1.20. The van der Waals surface area contributed by atoms with Crippen LogP contribution in [0.2, 0.25) is 5.15 Å². The zero-order valence-electron chi connectivity index (χ0n) is 10.7. The first-order valence-corrected chi connectivity index (χ1v) is 7.95. The number of fused-ring (bicyclic) bond motifs is 1. The van der Waals surface area contributed by atoms with Gasteiger partial charge in [-0.3, -0.25) is 4.72 Å². The summed E-state index contributed by atoms with van der Waals surface area (Å²) in [5.74, 6) is 1.10. The summed E-state index contributed by atoms with van der Waals surface area (Å²) in [4.78, 5) is 3.79. The molecule has 110 valence electrons. The first-order valence-electron chi connectivity index (χ1n) is 6.09. The zero-order valence-corrected chi connectivity index (χ0v) is 12.3. The second-order valence-corrected chi connectivity index (χ2v) is 6.35. The van der Waals surface area contributed by atoms with Gasteiger partial charge in [-0.1, -0.05) is 11.6 Å². The summed E-state index contributed by atoms with van der Waals surface area (Å²) in [6.45, 7) is 0.916. The lowest BCUT2D eigenvalue weighted by atomic mass is 10.3. The van der Waals surface area contributed by atoms with Gasteiger partial charge in [-0.05, 0) is 24.3 Å². The Morgan fingerprint density at radius 2 is 1.86 bits per heavy atom. The quantitative estimate of drug-likeness (QED) is 0.876. The van der Waals surface area contributed by atoms with Crippen LogP contribution in [0.1, 0.15) is 0 Å². The SMILES string of the molecule is O=S(=O)(Nc1ccc2c(c1)OCCO2)c1ccc(Cl)nc1. The maximum Gasteiger partial charge on any atom is 0.263 e. The number of hydrogen-bond acceptors (Lipinski definition) is 5. The van der Waals surface area contributed by atoms with E-state index in [0.29, 0.717) is 30.4 Å². The number of pyridine rings is 1. The van der Waals surface area contributed by atoms with Gasteiger partial charge in [0.15, 0.2) is 11.5 Å². The second-order valence-electron chi connectivity index (χ2n) is 4.28. The van der Waals surface area contributed by atoms with E-state index in [2.05, 4.69) is 9.71 Å². The minimum atomic E-state index is -3.72. The number of rotatable bonds is 3. The summed E-state index contributed by atoms with van der Waals surface area (Å²) >= 11 is 5.64. The van der Waals surface area contributed by atoms with E-state index in [1.807, 2.05) is 0 Å². The summed E-state index contributed by atoms with van der Waals surface area (Å²) in [5.41, 5.74) is 0.384. The van der Waals surface area contributed by atoms with Crippen molar-refractivity contribution in [3.8, 4) is 11.5 Å². The van der Waals surface area contributed by atoms with Crippen LogP contribution in [0.3, 0.4) is 0 Å². The molecule has 0 atom stereocenters. The van der Waals surface area contributed by atoms with Gasteiger partial charge < -0.3 is 9.47 Å². The Morgan fingerprint density at radius 3 is 2.57 bits per heavy atom. The standard InChI is InChI=1S/C13H11ClN2O4S/c14-13-4-2-10(8-15-13)21(17,18)16-9-1-3-11-12(7-9)20-6-5-19-11/h1-4,7-8,16H,5-6H2. The molecule has 0 unspecified atom stereocenters. The number of ether oxygens (including phenoxy) is 2. The number of nitrogens with zero attached hydrogens (tertiary/aromatic N) is 1. The second kappa shape index (κ2) is 5.42. The third kappa shape index (κ3) is 3.03. The molecule has 0 radical (unpaired) electrons. The van der Waals surface area contributed by atoms with E-state index in [9.17, 15) is 8.42 Å². The molecule has 2 heterocycles. The van der Waals surface area contributed by atoms with Gasteiger partial charge in [-0.25, -0.2) is 13.4 Å². The molecule has 0 aliphatic carbocycles. The number of aromatic nitrogens is 1. The highest BCUT2D eigenvalue weighted by Crippen LogP contribution is 2.33. The largest absolute Gasteiger partial charge is 0.486 e. The Labute approximate surface area is 126 Å². The minimum absolute atomic E-state index is 0.0294. The minimum Gasteiger partial charge on any atom is -0.486 e. The molecule has 1 aromatic carbocycles. The van der Waals surface area contributed by atoms with Crippen LogP contribution in [0.15, 0.2) is 41.4 Å². The van der Waals surface area contributed by atoms with Crippen LogP contribution in [0.25, 0.3) is 0 Å². The van der Waals surface area contributed by atoms with E-state index in [-0.39, 0.29) is 10.0 Å². The van der Waals surface area contributed by atoms with E-state index < -0.39 is 10.0 Å². The van der Waals surface area contributed by atoms with Crippen molar-refractivity contribution in [3.63, 3.8) is 0 Å². The van der Waals surface area contributed by atoms with E-state index >= 15 is 0 Å². The molecular weight excluding hydrogens is 316 g/mol. The Bertz CT molecular complexity index is 762. The number of anilines is 1. The first-order chi connectivity index (χ1) is 10.0. The molecule has 3 rings (SSSR count). The van der Waals surface area contributed by atoms with Crippen molar-refractivity contribution in [1.29, 1.82) is 0 Å². The van der Waals surface area contributed by atoms with Gasteiger partial charge in [0.05, 0.1) is 5.69 Å². The average Bonchev–Trinajstić information content (AvgIpc) is 2.47. The van der Waals surface area contributed by atoms with Gasteiger partial charge >= 0.3 is 0 Å². The molecule has 8 heteroatoms. The molecule has 0 spiro atoms. The maximum absolute atomic E-state index is 12.2. The molecule has 6 nitrogen and oxygen atoms in total. The van der Waals surface area contributed by atoms with Crippen LogP contribution in [0.5, 0.6) is 11.5 Å². The molecule has 21 heavy (non-hydrogen) atoms. The molecular formula is C13H11ClN2O4S. The van der Waals surface area contributed by atoms with E-state index in [0.717, 1.165) is 0 Å². The van der Waals surface area contributed by atoms with Crippen molar-refractivity contribution in [2.45, 2.75) is 4.90 Å². The fraction of sp³-hybridized carbons (Fsp3) is 0.154.